The van der Waals surface area contributed by atoms with Crippen LogP contribution in [0.2, 0.25) is 0 Å². The van der Waals surface area contributed by atoms with Gasteiger partial charge in [-0.3, -0.25) is 10.1 Å². The first-order valence-electron chi connectivity index (χ1n) is 5.46. The number of aromatic nitrogens is 1. The topological polar surface area (TPSA) is 81.2 Å². The Morgan fingerprint density at radius 3 is 2.94 bits per heavy atom. The molecule has 1 aromatic carbocycles. The Morgan fingerprint density at radius 1 is 1.50 bits per heavy atom. The van der Waals surface area contributed by atoms with Crippen LogP contribution in [0, 0.1) is 17.0 Å². The van der Waals surface area contributed by atoms with E-state index >= 15 is 0 Å². The second-order valence-corrected chi connectivity index (χ2v) is 3.90. The van der Waals surface area contributed by atoms with Crippen LogP contribution in [-0.2, 0) is 6.54 Å². The van der Waals surface area contributed by atoms with Crippen LogP contribution in [0.15, 0.2) is 28.8 Å². The summed E-state index contributed by atoms with van der Waals surface area (Å²) < 4.78 is 5.53. The van der Waals surface area contributed by atoms with Gasteiger partial charge < -0.3 is 9.73 Å². The lowest BCUT2D eigenvalue weighted by atomic mass is 10.1. The quantitative estimate of drug-likeness (QED) is 0.662. The van der Waals surface area contributed by atoms with Gasteiger partial charge in [-0.15, -0.1) is 0 Å². The van der Waals surface area contributed by atoms with Crippen LogP contribution in [0.3, 0.4) is 0 Å². The van der Waals surface area contributed by atoms with Crippen LogP contribution in [0.25, 0.3) is 11.3 Å². The number of aryl methyl sites for hydroxylation is 1. The van der Waals surface area contributed by atoms with E-state index in [1.165, 1.54) is 12.1 Å². The van der Waals surface area contributed by atoms with Crippen molar-refractivity contribution in [3.8, 4) is 11.3 Å². The molecule has 0 amide bonds. The summed E-state index contributed by atoms with van der Waals surface area (Å²) in [6, 6.07) is 4.68. The van der Waals surface area contributed by atoms with Crippen LogP contribution < -0.4 is 5.32 Å². The SMILES string of the molecule is CNCc1ncc(-c2cc([N+](=O)[O-])ccc2C)o1. The van der Waals surface area contributed by atoms with Gasteiger partial charge >= 0.3 is 0 Å². The van der Waals surface area contributed by atoms with E-state index < -0.39 is 4.92 Å². The van der Waals surface area contributed by atoms with Crippen molar-refractivity contribution in [2.75, 3.05) is 7.05 Å². The van der Waals surface area contributed by atoms with E-state index in [0.717, 1.165) is 5.56 Å². The average molecular weight is 247 g/mol. The summed E-state index contributed by atoms with van der Waals surface area (Å²) in [6.07, 6.45) is 1.58. The van der Waals surface area contributed by atoms with Crippen LogP contribution >= 0.6 is 0 Å². The minimum absolute atomic E-state index is 0.0437. The molecule has 6 nitrogen and oxygen atoms in total. The van der Waals surface area contributed by atoms with Gasteiger partial charge in [-0.25, -0.2) is 4.98 Å². The zero-order chi connectivity index (χ0) is 13.1. The highest BCUT2D eigenvalue weighted by Crippen LogP contribution is 2.28. The fourth-order valence-electron chi connectivity index (χ4n) is 1.66. The van der Waals surface area contributed by atoms with E-state index in [2.05, 4.69) is 10.3 Å². The number of benzene rings is 1. The molecule has 1 N–H and O–H groups in total. The Bertz CT molecular complexity index is 578. The Balaban J connectivity index is 2.41. The molecule has 2 aromatic rings. The number of non-ortho nitro benzene ring substituents is 1. The lowest BCUT2D eigenvalue weighted by molar-refractivity contribution is -0.384. The van der Waals surface area contributed by atoms with Crippen LogP contribution in [0.5, 0.6) is 0 Å². The first-order chi connectivity index (χ1) is 8.61. The first-order valence-corrected chi connectivity index (χ1v) is 5.46. The minimum atomic E-state index is -0.423. The maximum atomic E-state index is 10.8. The summed E-state index contributed by atoms with van der Waals surface area (Å²) >= 11 is 0. The molecule has 1 heterocycles. The zero-order valence-electron chi connectivity index (χ0n) is 10.1. The van der Waals surface area contributed by atoms with Gasteiger partial charge in [0.15, 0.2) is 5.76 Å². The molecule has 0 spiro atoms. The van der Waals surface area contributed by atoms with Crippen molar-refractivity contribution >= 4 is 5.69 Å². The van der Waals surface area contributed by atoms with Gasteiger partial charge in [0, 0.05) is 17.7 Å². The zero-order valence-corrected chi connectivity index (χ0v) is 10.1. The van der Waals surface area contributed by atoms with Gasteiger partial charge in [0.25, 0.3) is 5.69 Å². The molecule has 0 aliphatic carbocycles. The third kappa shape index (κ3) is 2.38. The highest BCUT2D eigenvalue weighted by atomic mass is 16.6. The largest absolute Gasteiger partial charge is 0.439 e. The minimum Gasteiger partial charge on any atom is -0.439 e. The summed E-state index contributed by atoms with van der Waals surface area (Å²) in [5, 5.41) is 13.7. The lowest BCUT2D eigenvalue weighted by Crippen LogP contribution is -2.04. The molecule has 1 aromatic heterocycles. The van der Waals surface area contributed by atoms with Crippen LogP contribution in [0.4, 0.5) is 5.69 Å². The molecule has 0 radical (unpaired) electrons. The maximum absolute atomic E-state index is 10.8. The lowest BCUT2D eigenvalue weighted by Gasteiger charge is -2.01. The van der Waals surface area contributed by atoms with Gasteiger partial charge in [-0.05, 0) is 19.5 Å². The Kier molecular flexibility index (Phi) is 3.38. The van der Waals surface area contributed by atoms with Crippen molar-refractivity contribution in [1.82, 2.24) is 10.3 Å². The number of nitrogens with zero attached hydrogens (tertiary/aromatic N) is 2. The normalized spacial score (nSPS) is 10.6. The van der Waals surface area contributed by atoms with E-state index in [-0.39, 0.29) is 5.69 Å². The molecule has 0 aliphatic rings. The fourth-order valence-corrected chi connectivity index (χ4v) is 1.66. The fraction of sp³-hybridized carbons (Fsp3) is 0.250. The van der Waals surface area contributed by atoms with Gasteiger partial charge in [-0.2, -0.15) is 0 Å². The first kappa shape index (κ1) is 12.3. The number of rotatable bonds is 4. The second kappa shape index (κ2) is 4.97. The molecule has 94 valence electrons. The third-order valence-corrected chi connectivity index (χ3v) is 2.58. The number of hydrogen-bond acceptors (Lipinski definition) is 5. The highest BCUT2D eigenvalue weighted by Gasteiger charge is 2.13. The molecule has 0 unspecified atom stereocenters. The summed E-state index contributed by atoms with van der Waals surface area (Å²) in [7, 11) is 1.79. The molecule has 2 rings (SSSR count). The Hall–Kier alpha value is -2.21. The molecule has 18 heavy (non-hydrogen) atoms. The van der Waals surface area contributed by atoms with Gasteiger partial charge in [0.05, 0.1) is 17.7 Å². The summed E-state index contributed by atoms with van der Waals surface area (Å²) in [5.74, 6) is 1.10. The molecule has 0 bridgehead atoms. The summed E-state index contributed by atoms with van der Waals surface area (Å²) in [6.45, 7) is 2.40. The van der Waals surface area contributed by atoms with Gasteiger partial charge in [0.1, 0.15) is 0 Å². The van der Waals surface area contributed by atoms with E-state index in [1.807, 2.05) is 6.92 Å². The number of nitro groups is 1. The predicted octanol–water partition coefficient (Wildman–Crippen LogP) is 2.28. The monoisotopic (exact) mass is 247 g/mol. The number of nitro benzene ring substituents is 1. The van der Waals surface area contributed by atoms with Crippen LogP contribution in [-0.4, -0.2) is 17.0 Å². The molecule has 0 aliphatic heterocycles. The number of hydrogen-bond donors (Lipinski definition) is 1. The smallest absolute Gasteiger partial charge is 0.270 e. The summed E-state index contributed by atoms with van der Waals surface area (Å²) in [4.78, 5) is 14.4. The van der Waals surface area contributed by atoms with E-state index in [1.54, 1.807) is 19.3 Å². The van der Waals surface area contributed by atoms with Crippen molar-refractivity contribution in [2.24, 2.45) is 0 Å². The molecule has 0 atom stereocenters. The molecular formula is C12H13N3O3. The molecule has 0 fully saturated rings. The Labute approximate surface area is 104 Å². The highest BCUT2D eigenvalue weighted by molar-refractivity contribution is 5.64. The van der Waals surface area contributed by atoms with E-state index in [4.69, 9.17) is 4.42 Å². The van der Waals surface area contributed by atoms with Crippen molar-refractivity contribution in [2.45, 2.75) is 13.5 Å². The molecule has 6 heteroatoms. The molecule has 0 saturated carbocycles. The van der Waals surface area contributed by atoms with E-state index in [9.17, 15) is 10.1 Å². The van der Waals surface area contributed by atoms with Crippen molar-refractivity contribution in [1.29, 1.82) is 0 Å². The molecular weight excluding hydrogens is 234 g/mol. The maximum Gasteiger partial charge on any atom is 0.270 e. The predicted molar refractivity (Wildman–Crippen MR) is 66.1 cm³/mol. The second-order valence-electron chi connectivity index (χ2n) is 3.90. The van der Waals surface area contributed by atoms with Crippen molar-refractivity contribution < 1.29 is 9.34 Å². The number of oxazole rings is 1. The van der Waals surface area contributed by atoms with Gasteiger partial charge in [0.2, 0.25) is 5.89 Å². The summed E-state index contributed by atoms with van der Waals surface area (Å²) in [5.41, 5.74) is 1.65. The van der Waals surface area contributed by atoms with E-state index in [0.29, 0.717) is 23.8 Å². The van der Waals surface area contributed by atoms with Gasteiger partial charge in [-0.1, -0.05) is 6.07 Å². The molecule has 0 saturated heterocycles. The van der Waals surface area contributed by atoms with Crippen molar-refractivity contribution in [3.05, 3.63) is 46.0 Å². The number of nitrogens with one attached hydrogen (secondary N) is 1. The Morgan fingerprint density at radius 2 is 2.28 bits per heavy atom. The van der Waals surface area contributed by atoms with Crippen LogP contribution in [0.1, 0.15) is 11.5 Å². The third-order valence-electron chi connectivity index (χ3n) is 2.58. The van der Waals surface area contributed by atoms with Crippen molar-refractivity contribution in [3.63, 3.8) is 0 Å². The standard InChI is InChI=1S/C12H13N3O3/c1-8-3-4-9(15(16)17)5-10(8)11-6-14-12(18-11)7-13-2/h3-6,13H,7H2,1-2H3. The average Bonchev–Trinajstić information content (AvgIpc) is 2.78.